The minimum atomic E-state index is -0.137. The second kappa shape index (κ2) is 6.85. The second-order valence-electron chi connectivity index (χ2n) is 6.03. The minimum absolute atomic E-state index is 0.0471. The predicted molar refractivity (Wildman–Crippen MR) is 94.5 cm³/mol. The van der Waals surface area contributed by atoms with Crippen molar-refractivity contribution in [3.05, 3.63) is 41.3 Å². The zero-order valence-electron chi connectivity index (χ0n) is 13.5. The molecule has 25 heavy (non-hydrogen) atoms. The number of amides is 1. The van der Waals surface area contributed by atoms with E-state index >= 15 is 0 Å². The summed E-state index contributed by atoms with van der Waals surface area (Å²) in [5, 5.41) is 11.3. The summed E-state index contributed by atoms with van der Waals surface area (Å²) < 4.78 is 7.55. The van der Waals surface area contributed by atoms with Gasteiger partial charge in [-0.1, -0.05) is 17.7 Å². The molecular formula is C17H18ClN5O2. The van der Waals surface area contributed by atoms with Crippen molar-refractivity contribution in [3.8, 4) is 0 Å². The molecule has 1 fully saturated rings. The Balaban J connectivity index is 1.36. The zero-order valence-corrected chi connectivity index (χ0v) is 14.3. The van der Waals surface area contributed by atoms with E-state index in [2.05, 4.69) is 20.5 Å². The van der Waals surface area contributed by atoms with E-state index in [1.54, 1.807) is 0 Å². The lowest BCUT2D eigenvalue weighted by atomic mass is 10.2. The van der Waals surface area contributed by atoms with Crippen LogP contribution in [-0.2, 0) is 16.1 Å². The number of carbonyl (C=O) groups is 1. The predicted octanol–water partition coefficient (Wildman–Crippen LogP) is 3.29. The summed E-state index contributed by atoms with van der Waals surface area (Å²) in [6, 6.07) is 7.71. The van der Waals surface area contributed by atoms with Gasteiger partial charge in [-0.05, 0) is 31.0 Å². The number of nitrogens with one attached hydrogen (secondary N) is 2. The minimum Gasteiger partial charge on any atom is -0.370 e. The monoisotopic (exact) mass is 359 g/mol. The maximum Gasteiger partial charge on any atom is 0.248 e. The van der Waals surface area contributed by atoms with Crippen LogP contribution in [0.2, 0.25) is 5.02 Å². The molecular weight excluding hydrogens is 342 g/mol. The van der Waals surface area contributed by atoms with E-state index in [4.69, 9.17) is 16.3 Å². The van der Waals surface area contributed by atoms with Crippen molar-refractivity contribution in [2.75, 3.05) is 11.9 Å². The fraction of sp³-hybridized carbons (Fsp3) is 0.353. The highest BCUT2D eigenvalue weighted by Crippen LogP contribution is 2.26. The van der Waals surface area contributed by atoms with Gasteiger partial charge in [0.2, 0.25) is 11.9 Å². The van der Waals surface area contributed by atoms with Crippen LogP contribution in [0, 0.1) is 0 Å². The number of aromatic amines is 1. The number of hydrogen-bond acceptors (Lipinski definition) is 4. The standard InChI is InChI=1S/C17H18ClN5O2/c18-12-3-1-4-13-11(12)6-8-23(13)9-7-15(24)19-17-20-16(21-22-17)14-5-2-10-25-14/h1,3-4,6,8,14H,2,5,7,9-10H2,(H2,19,20,21,22,24). The van der Waals surface area contributed by atoms with Gasteiger partial charge in [0, 0.05) is 41.7 Å². The normalized spacial score (nSPS) is 17.2. The zero-order chi connectivity index (χ0) is 17.2. The first-order valence-corrected chi connectivity index (χ1v) is 8.65. The Hall–Kier alpha value is -2.38. The summed E-state index contributed by atoms with van der Waals surface area (Å²) >= 11 is 6.17. The maximum atomic E-state index is 12.2. The van der Waals surface area contributed by atoms with Gasteiger partial charge in [-0.2, -0.15) is 4.98 Å². The number of hydrogen-bond donors (Lipinski definition) is 2. The number of benzene rings is 1. The fourth-order valence-corrected chi connectivity index (χ4v) is 3.29. The van der Waals surface area contributed by atoms with E-state index in [9.17, 15) is 4.79 Å². The molecule has 2 N–H and O–H groups in total. The van der Waals surface area contributed by atoms with Crippen molar-refractivity contribution in [2.24, 2.45) is 0 Å². The van der Waals surface area contributed by atoms with Crippen LogP contribution >= 0.6 is 11.6 Å². The van der Waals surface area contributed by atoms with Crippen LogP contribution < -0.4 is 5.32 Å². The molecule has 7 nitrogen and oxygen atoms in total. The molecule has 1 aromatic carbocycles. The molecule has 1 amide bonds. The van der Waals surface area contributed by atoms with Crippen LogP contribution in [0.3, 0.4) is 0 Å². The summed E-state index contributed by atoms with van der Waals surface area (Å²) in [4.78, 5) is 16.5. The number of H-pyrrole nitrogens is 1. The largest absolute Gasteiger partial charge is 0.370 e. The lowest BCUT2D eigenvalue weighted by Crippen LogP contribution is -2.15. The highest BCUT2D eigenvalue weighted by molar-refractivity contribution is 6.35. The van der Waals surface area contributed by atoms with E-state index in [0.29, 0.717) is 23.8 Å². The molecule has 3 heterocycles. The van der Waals surface area contributed by atoms with Crippen LogP contribution in [0.4, 0.5) is 5.95 Å². The topological polar surface area (TPSA) is 84.8 Å². The molecule has 8 heteroatoms. The van der Waals surface area contributed by atoms with Crippen LogP contribution in [0.1, 0.15) is 31.2 Å². The highest BCUT2D eigenvalue weighted by atomic mass is 35.5. The van der Waals surface area contributed by atoms with Gasteiger partial charge in [0.1, 0.15) is 6.10 Å². The summed E-state index contributed by atoms with van der Waals surface area (Å²) in [5.41, 5.74) is 1.01. The number of rotatable bonds is 5. The smallest absolute Gasteiger partial charge is 0.248 e. The van der Waals surface area contributed by atoms with Crippen LogP contribution in [0.15, 0.2) is 30.5 Å². The van der Waals surface area contributed by atoms with E-state index < -0.39 is 0 Å². The third kappa shape index (κ3) is 3.38. The average Bonchev–Trinajstić information content (AvgIpc) is 3.34. The van der Waals surface area contributed by atoms with Crippen molar-refractivity contribution >= 4 is 34.4 Å². The maximum absolute atomic E-state index is 12.2. The third-order valence-corrected chi connectivity index (χ3v) is 4.66. The van der Waals surface area contributed by atoms with Gasteiger partial charge in [0.25, 0.3) is 0 Å². The van der Waals surface area contributed by atoms with Gasteiger partial charge in [-0.15, -0.1) is 5.10 Å². The molecule has 0 bridgehead atoms. The SMILES string of the molecule is O=C(CCn1ccc2c(Cl)cccc21)Nc1n[nH]c(C2CCCO2)n1. The number of nitrogens with zero attached hydrogens (tertiary/aromatic N) is 3. The third-order valence-electron chi connectivity index (χ3n) is 4.33. The Morgan fingerprint density at radius 1 is 1.44 bits per heavy atom. The molecule has 1 saturated heterocycles. The molecule has 0 spiro atoms. The first-order chi connectivity index (χ1) is 12.2. The number of ether oxygens (including phenoxy) is 1. The Kier molecular flexibility index (Phi) is 4.42. The number of aryl methyl sites for hydroxylation is 1. The molecule has 3 aromatic rings. The van der Waals surface area contributed by atoms with Gasteiger partial charge in [-0.3, -0.25) is 15.2 Å². The molecule has 0 radical (unpaired) electrons. The van der Waals surface area contributed by atoms with E-state index in [0.717, 1.165) is 30.4 Å². The van der Waals surface area contributed by atoms with E-state index in [1.165, 1.54) is 0 Å². The average molecular weight is 360 g/mol. The molecule has 2 aromatic heterocycles. The fourth-order valence-electron chi connectivity index (χ4n) is 3.06. The van der Waals surface area contributed by atoms with Gasteiger partial charge in [-0.25, -0.2) is 0 Å². The molecule has 1 aliphatic rings. The summed E-state index contributed by atoms with van der Waals surface area (Å²) in [6.07, 6.45) is 4.15. The summed E-state index contributed by atoms with van der Waals surface area (Å²) in [6.45, 7) is 1.29. The van der Waals surface area contributed by atoms with Gasteiger partial charge in [0.05, 0.1) is 0 Å². The highest BCUT2D eigenvalue weighted by Gasteiger charge is 2.21. The Morgan fingerprint density at radius 3 is 3.20 bits per heavy atom. The van der Waals surface area contributed by atoms with E-state index in [-0.39, 0.29) is 18.0 Å². The van der Waals surface area contributed by atoms with Crippen molar-refractivity contribution in [1.82, 2.24) is 19.7 Å². The molecule has 0 aliphatic carbocycles. The van der Waals surface area contributed by atoms with Gasteiger partial charge < -0.3 is 9.30 Å². The van der Waals surface area contributed by atoms with Crippen molar-refractivity contribution in [1.29, 1.82) is 0 Å². The van der Waals surface area contributed by atoms with Crippen LogP contribution in [-0.4, -0.2) is 32.3 Å². The molecule has 4 rings (SSSR count). The molecule has 1 aliphatic heterocycles. The first-order valence-electron chi connectivity index (χ1n) is 8.28. The Labute approximate surface area is 149 Å². The Bertz CT molecular complexity index is 897. The van der Waals surface area contributed by atoms with Gasteiger partial charge >= 0.3 is 0 Å². The first kappa shape index (κ1) is 16.1. The summed E-state index contributed by atoms with van der Waals surface area (Å²) in [7, 11) is 0. The summed E-state index contributed by atoms with van der Waals surface area (Å²) in [5.74, 6) is 0.816. The van der Waals surface area contributed by atoms with Gasteiger partial charge in [0.15, 0.2) is 5.82 Å². The van der Waals surface area contributed by atoms with Crippen LogP contribution in [0.25, 0.3) is 10.9 Å². The number of aromatic nitrogens is 4. The molecule has 1 atom stereocenters. The number of anilines is 1. The molecule has 130 valence electrons. The van der Waals surface area contributed by atoms with Crippen molar-refractivity contribution < 1.29 is 9.53 Å². The van der Waals surface area contributed by atoms with E-state index in [1.807, 2.05) is 35.0 Å². The second-order valence-corrected chi connectivity index (χ2v) is 6.43. The quantitative estimate of drug-likeness (QED) is 0.732. The van der Waals surface area contributed by atoms with Crippen molar-refractivity contribution in [3.63, 3.8) is 0 Å². The molecule has 0 saturated carbocycles. The Morgan fingerprint density at radius 2 is 2.36 bits per heavy atom. The van der Waals surface area contributed by atoms with Crippen molar-refractivity contribution in [2.45, 2.75) is 31.9 Å². The lowest BCUT2D eigenvalue weighted by Gasteiger charge is -2.06. The number of carbonyl (C=O) groups excluding carboxylic acids is 1. The number of halogens is 1. The molecule has 1 unspecified atom stereocenters. The lowest BCUT2D eigenvalue weighted by molar-refractivity contribution is -0.116. The van der Waals surface area contributed by atoms with Crippen LogP contribution in [0.5, 0.6) is 0 Å². The number of fused-ring (bicyclic) bond motifs is 1.